The van der Waals surface area contributed by atoms with Crippen molar-refractivity contribution < 1.29 is 4.79 Å². The normalized spacial score (nSPS) is 17.0. The van der Waals surface area contributed by atoms with Gasteiger partial charge in [0.2, 0.25) is 0 Å². The predicted molar refractivity (Wildman–Crippen MR) is 73.0 cm³/mol. The lowest BCUT2D eigenvalue weighted by atomic mass is 10.1. The number of carbonyl (C=O) groups excluding carboxylic acids is 1. The molecule has 1 aromatic carbocycles. The molecule has 5 heteroatoms. The van der Waals surface area contributed by atoms with Crippen molar-refractivity contribution in [1.82, 2.24) is 15.5 Å². The largest absolute Gasteiger partial charge is 0.331 e. The third-order valence-electron chi connectivity index (χ3n) is 3.44. The number of nitrogens with one attached hydrogen (secondary N) is 3. The lowest BCUT2D eigenvalue weighted by Gasteiger charge is -2.14. The van der Waals surface area contributed by atoms with Crippen LogP contribution in [0, 0.1) is 6.92 Å². The van der Waals surface area contributed by atoms with Crippen LogP contribution in [0.15, 0.2) is 30.6 Å². The van der Waals surface area contributed by atoms with Crippen LogP contribution in [0.5, 0.6) is 0 Å². The third-order valence-corrected chi connectivity index (χ3v) is 3.44. The number of aromatic nitrogens is 2. The number of anilines is 1. The minimum Gasteiger partial charge on any atom is -0.331 e. The third kappa shape index (κ3) is 2.45. The lowest BCUT2D eigenvalue weighted by molar-refractivity contribution is 0.248. The number of aromatic amines is 1. The molecule has 0 saturated heterocycles. The Morgan fingerprint density at radius 3 is 3.16 bits per heavy atom. The van der Waals surface area contributed by atoms with Gasteiger partial charge >= 0.3 is 6.03 Å². The molecule has 1 aliphatic carbocycles. The topological polar surface area (TPSA) is 69.8 Å². The first-order valence-corrected chi connectivity index (χ1v) is 6.38. The Balaban J connectivity index is 1.67. The molecular weight excluding hydrogens is 240 g/mol. The first kappa shape index (κ1) is 11.8. The Morgan fingerprint density at radius 2 is 2.37 bits per heavy atom. The molecule has 1 aliphatic rings. The summed E-state index contributed by atoms with van der Waals surface area (Å²) in [6.45, 7) is 2.09. The van der Waals surface area contributed by atoms with Crippen molar-refractivity contribution in [2.75, 3.05) is 5.32 Å². The molecule has 3 rings (SSSR count). The lowest BCUT2D eigenvalue weighted by Crippen LogP contribution is -2.31. The number of fused-ring (bicyclic) bond motifs is 1. The van der Waals surface area contributed by atoms with E-state index in [4.69, 9.17) is 0 Å². The molecule has 3 N–H and O–H groups in total. The minimum atomic E-state index is -0.195. The Kier molecular flexibility index (Phi) is 2.95. The summed E-state index contributed by atoms with van der Waals surface area (Å²) in [7, 11) is 0. The Labute approximate surface area is 111 Å². The zero-order chi connectivity index (χ0) is 13.2. The number of urea groups is 1. The molecule has 0 spiro atoms. The average molecular weight is 256 g/mol. The van der Waals surface area contributed by atoms with E-state index in [-0.39, 0.29) is 12.1 Å². The molecule has 0 saturated carbocycles. The van der Waals surface area contributed by atoms with Gasteiger partial charge in [0.15, 0.2) is 0 Å². The number of hydrogen-bond donors (Lipinski definition) is 3. The SMILES string of the molecule is Cc1ccc2c(c1)CC[C@@H]2NC(=O)Nc1cn[nH]c1. The van der Waals surface area contributed by atoms with Gasteiger partial charge in [-0.2, -0.15) is 5.10 Å². The fourth-order valence-electron chi connectivity index (χ4n) is 2.54. The van der Waals surface area contributed by atoms with E-state index in [1.165, 1.54) is 16.7 Å². The van der Waals surface area contributed by atoms with E-state index < -0.39 is 0 Å². The van der Waals surface area contributed by atoms with E-state index in [2.05, 4.69) is 46.0 Å². The standard InChI is InChI=1S/C14H16N4O/c1-9-2-4-12-10(6-9)3-5-13(12)18-14(19)17-11-7-15-16-8-11/h2,4,6-8,13H,3,5H2,1H3,(H,15,16)(H2,17,18,19)/t13-/m0/s1. The molecule has 2 amide bonds. The van der Waals surface area contributed by atoms with Crippen molar-refractivity contribution >= 4 is 11.7 Å². The van der Waals surface area contributed by atoms with Crippen LogP contribution in [-0.4, -0.2) is 16.2 Å². The molecular formula is C14H16N4O. The van der Waals surface area contributed by atoms with Gasteiger partial charge in [0.1, 0.15) is 0 Å². The second-order valence-corrected chi connectivity index (χ2v) is 4.88. The van der Waals surface area contributed by atoms with Gasteiger partial charge in [-0.15, -0.1) is 0 Å². The Morgan fingerprint density at radius 1 is 1.47 bits per heavy atom. The predicted octanol–water partition coefficient (Wildman–Crippen LogP) is 2.53. The van der Waals surface area contributed by atoms with Gasteiger partial charge in [-0.25, -0.2) is 4.79 Å². The van der Waals surface area contributed by atoms with Crippen molar-refractivity contribution in [3.05, 3.63) is 47.3 Å². The van der Waals surface area contributed by atoms with Crippen molar-refractivity contribution in [3.8, 4) is 0 Å². The van der Waals surface area contributed by atoms with Gasteiger partial charge in [-0.3, -0.25) is 5.10 Å². The maximum Gasteiger partial charge on any atom is 0.319 e. The summed E-state index contributed by atoms with van der Waals surface area (Å²) in [6, 6.07) is 6.31. The summed E-state index contributed by atoms with van der Waals surface area (Å²) in [5, 5.41) is 12.2. The van der Waals surface area contributed by atoms with Crippen LogP contribution in [0.2, 0.25) is 0 Å². The van der Waals surface area contributed by atoms with E-state index in [9.17, 15) is 4.79 Å². The highest BCUT2D eigenvalue weighted by molar-refractivity contribution is 5.89. The number of carbonyl (C=O) groups is 1. The van der Waals surface area contributed by atoms with Gasteiger partial charge in [-0.1, -0.05) is 23.8 Å². The molecule has 0 radical (unpaired) electrons. The molecule has 98 valence electrons. The molecule has 0 fully saturated rings. The second-order valence-electron chi connectivity index (χ2n) is 4.88. The van der Waals surface area contributed by atoms with Gasteiger partial charge in [0, 0.05) is 6.20 Å². The molecule has 2 aromatic rings. The maximum atomic E-state index is 11.9. The maximum absolute atomic E-state index is 11.9. The van der Waals surface area contributed by atoms with Crippen molar-refractivity contribution in [1.29, 1.82) is 0 Å². The molecule has 1 aromatic heterocycles. The Bertz CT molecular complexity index is 591. The summed E-state index contributed by atoms with van der Waals surface area (Å²) in [5.41, 5.74) is 4.50. The number of nitrogens with zero attached hydrogens (tertiary/aromatic N) is 1. The van der Waals surface area contributed by atoms with Gasteiger partial charge in [0.25, 0.3) is 0 Å². The first-order valence-electron chi connectivity index (χ1n) is 6.38. The summed E-state index contributed by atoms with van der Waals surface area (Å²) < 4.78 is 0. The van der Waals surface area contributed by atoms with Crippen LogP contribution in [0.3, 0.4) is 0 Å². The van der Waals surface area contributed by atoms with E-state index in [1.807, 2.05) is 0 Å². The molecule has 0 bridgehead atoms. The minimum absolute atomic E-state index is 0.0995. The van der Waals surface area contributed by atoms with Gasteiger partial charge in [0.05, 0.1) is 17.9 Å². The fourth-order valence-corrected chi connectivity index (χ4v) is 2.54. The average Bonchev–Trinajstić information content (AvgIpc) is 2.99. The van der Waals surface area contributed by atoms with E-state index in [0.29, 0.717) is 5.69 Å². The summed E-state index contributed by atoms with van der Waals surface area (Å²) in [5.74, 6) is 0. The van der Waals surface area contributed by atoms with Crippen LogP contribution in [0.25, 0.3) is 0 Å². The van der Waals surface area contributed by atoms with E-state index in [0.717, 1.165) is 12.8 Å². The van der Waals surface area contributed by atoms with Crippen LogP contribution >= 0.6 is 0 Å². The summed E-state index contributed by atoms with van der Waals surface area (Å²) in [6.07, 6.45) is 5.20. The molecule has 0 aliphatic heterocycles. The molecule has 0 unspecified atom stereocenters. The molecule has 5 nitrogen and oxygen atoms in total. The van der Waals surface area contributed by atoms with Crippen molar-refractivity contribution in [3.63, 3.8) is 0 Å². The fraction of sp³-hybridized carbons (Fsp3) is 0.286. The number of rotatable bonds is 2. The highest BCUT2D eigenvalue weighted by atomic mass is 16.2. The van der Waals surface area contributed by atoms with Crippen molar-refractivity contribution in [2.45, 2.75) is 25.8 Å². The zero-order valence-electron chi connectivity index (χ0n) is 10.7. The molecule has 1 atom stereocenters. The summed E-state index contributed by atoms with van der Waals surface area (Å²) in [4.78, 5) is 11.9. The van der Waals surface area contributed by atoms with Crippen LogP contribution < -0.4 is 10.6 Å². The highest BCUT2D eigenvalue weighted by Crippen LogP contribution is 2.31. The number of amides is 2. The van der Waals surface area contributed by atoms with Crippen molar-refractivity contribution in [2.24, 2.45) is 0 Å². The van der Waals surface area contributed by atoms with Gasteiger partial charge in [-0.05, 0) is 30.9 Å². The zero-order valence-corrected chi connectivity index (χ0v) is 10.7. The van der Waals surface area contributed by atoms with E-state index in [1.54, 1.807) is 12.4 Å². The smallest absolute Gasteiger partial charge is 0.319 e. The van der Waals surface area contributed by atoms with Crippen LogP contribution in [0.1, 0.15) is 29.2 Å². The summed E-state index contributed by atoms with van der Waals surface area (Å²) >= 11 is 0. The van der Waals surface area contributed by atoms with Crippen LogP contribution in [0.4, 0.5) is 10.5 Å². The quantitative estimate of drug-likeness (QED) is 0.772. The number of aryl methyl sites for hydroxylation is 2. The first-order chi connectivity index (χ1) is 9.22. The van der Waals surface area contributed by atoms with E-state index >= 15 is 0 Å². The number of hydrogen-bond acceptors (Lipinski definition) is 2. The highest BCUT2D eigenvalue weighted by Gasteiger charge is 2.23. The second kappa shape index (κ2) is 4.76. The Hall–Kier alpha value is -2.30. The van der Waals surface area contributed by atoms with Crippen LogP contribution in [-0.2, 0) is 6.42 Å². The molecule has 19 heavy (non-hydrogen) atoms. The monoisotopic (exact) mass is 256 g/mol. The number of benzene rings is 1. The molecule has 1 heterocycles. The number of H-pyrrole nitrogens is 1. The van der Waals surface area contributed by atoms with Gasteiger partial charge < -0.3 is 10.6 Å².